The Morgan fingerprint density at radius 2 is 2.14 bits per heavy atom. The summed E-state index contributed by atoms with van der Waals surface area (Å²) in [7, 11) is 1.62. The van der Waals surface area contributed by atoms with E-state index in [4.69, 9.17) is 5.26 Å². The molecule has 116 valence electrons. The van der Waals surface area contributed by atoms with Gasteiger partial charge in [0.25, 0.3) is 5.69 Å². The lowest BCUT2D eigenvalue weighted by Gasteiger charge is -2.31. The molecule has 1 saturated carbocycles. The maximum Gasteiger partial charge on any atom is 0.287 e. The maximum atomic E-state index is 11.9. The molecule has 0 spiro atoms. The maximum absolute atomic E-state index is 11.9. The molecule has 1 aliphatic rings. The number of anilines is 1. The summed E-state index contributed by atoms with van der Waals surface area (Å²) in [5.74, 6) is -0.126. The fourth-order valence-electron chi connectivity index (χ4n) is 2.89. The molecule has 1 aromatic rings. The SMILES string of the molecule is CNC(=O)[C@@H]1CCCC[C@@H]1Nc1ccc([N+](=O)[O-])c(C#N)c1. The highest BCUT2D eigenvalue weighted by molar-refractivity contribution is 5.79. The summed E-state index contributed by atoms with van der Waals surface area (Å²) in [5.41, 5.74) is 0.435. The van der Waals surface area contributed by atoms with E-state index in [1.165, 1.54) is 12.1 Å². The molecule has 1 fully saturated rings. The molecule has 0 aliphatic heterocycles. The van der Waals surface area contributed by atoms with E-state index in [-0.39, 0.29) is 29.1 Å². The molecule has 0 bridgehead atoms. The molecule has 7 heteroatoms. The first-order valence-electron chi connectivity index (χ1n) is 7.23. The van der Waals surface area contributed by atoms with Gasteiger partial charge in [0, 0.05) is 24.8 Å². The number of nitrogens with zero attached hydrogens (tertiary/aromatic N) is 2. The molecule has 22 heavy (non-hydrogen) atoms. The van der Waals surface area contributed by atoms with Crippen LogP contribution in [0.1, 0.15) is 31.2 Å². The number of rotatable bonds is 4. The summed E-state index contributed by atoms with van der Waals surface area (Å²) in [6, 6.07) is 6.17. The second kappa shape index (κ2) is 6.89. The quantitative estimate of drug-likeness (QED) is 0.654. The Hall–Kier alpha value is -2.62. The van der Waals surface area contributed by atoms with Crippen LogP contribution in [0.25, 0.3) is 0 Å². The summed E-state index contributed by atoms with van der Waals surface area (Å²) in [5, 5.41) is 25.8. The van der Waals surface area contributed by atoms with Crippen molar-refractivity contribution in [2.45, 2.75) is 31.7 Å². The summed E-state index contributed by atoms with van der Waals surface area (Å²) >= 11 is 0. The van der Waals surface area contributed by atoms with Gasteiger partial charge in [-0.05, 0) is 25.0 Å². The molecule has 0 heterocycles. The van der Waals surface area contributed by atoms with Crippen LogP contribution in [-0.2, 0) is 4.79 Å². The predicted molar refractivity (Wildman–Crippen MR) is 81.2 cm³/mol. The van der Waals surface area contributed by atoms with Crippen LogP contribution in [0.4, 0.5) is 11.4 Å². The first-order chi connectivity index (χ1) is 10.6. The van der Waals surface area contributed by atoms with Gasteiger partial charge in [0.15, 0.2) is 0 Å². The Labute approximate surface area is 128 Å². The molecule has 1 aliphatic carbocycles. The van der Waals surface area contributed by atoms with Crippen molar-refractivity contribution in [3.63, 3.8) is 0 Å². The van der Waals surface area contributed by atoms with Crippen LogP contribution in [0.5, 0.6) is 0 Å². The molecule has 2 atom stereocenters. The standard InChI is InChI=1S/C15H18N4O3/c1-17-15(20)12-4-2-3-5-13(12)18-11-6-7-14(19(21)22)10(8-11)9-16/h6-8,12-13,18H,2-5H2,1H3,(H,17,20)/t12-,13+/m1/s1. The minimum atomic E-state index is -0.573. The van der Waals surface area contributed by atoms with Gasteiger partial charge in [0.05, 0.1) is 10.8 Å². The zero-order chi connectivity index (χ0) is 16.1. The second-order valence-corrected chi connectivity index (χ2v) is 5.36. The van der Waals surface area contributed by atoms with Gasteiger partial charge in [-0.1, -0.05) is 12.8 Å². The number of carbonyl (C=O) groups is 1. The molecular formula is C15H18N4O3. The van der Waals surface area contributed by atoms with Gasteiger partial charge in [-0.15, -0.1) is 0 Å². The number of carbonyl (C=O) groups excluding carboxylic acids is 1. The lowest BCUT2D eigenvalue weighted by atomic mass is 9.83. The molecule has 7 nitrogen and oxygen atoms in total. The van der Waals surface area contributed by atoms with Gasteiger partial charge in [-0.3, -0.25) is 14.9 Å². The van der Waals surface area contributed by atoms with Crippen LogP contribution in [0.3, 0.4) is 0 Å². The number of amides is 1. The molecule has 0 aromatic heterocycles. The third kappa shape index (κ3) is 3.34. The monoisotopic (exact) mass is 302 g/mol. The fourth-order valence-corrected chi connectivity index (χ4v) is 2.89. The van der Waals surface area contributed by atoms with Crippen molar-refractivity contribution in [2.75, 3.05) is 12.4 Å². The van der Waals surface area contributed by atoms with Crippen LogP contribution in [0, 0.1) is 27.4 Å². The average molecular weight is 302 g/mol. The molecule has 1 amide bonds. The Morgan fingerprint density at radius 1 is 1.41 bits per heavy atom. The van der Waals surface area contributed by atoms with Crippen molar-refractivity contribution in [1.82, 2.24) is 5.32 Å². The zero-order valence-electron chi connectivity index (χ0n) is 12.3. The molecule has 1 aromatic carbocycles. The summed E-state index contributed by atoms with van der Waals surface area (Å²) in [6.45, 7) is 0. The topological polar surface area (TPSA) is 108 Å². The number of benzene rings is 1. The molecule has 0 radical (unpaired) electrons. The Morgan fingerprint density at radius 3 is 2.77 bits per heavy atom. The smallest absolute Gasteiger partial charge is 0.287 e. The van der Waals surface area contributed by atoms with Crippen molar-refractivity contribution < 1.29 is 9.72 Å². The van der Waals surface area contributed by atoms with Crippen molar-refractivity contribution in [3.8, 4) is 6.07 Å². The summed E-state index contributed by atoms with van der Waals surface area (Å²) < 4.78 is 0. The van der Waals surface area contributed by atoms with E-state index in [2.05, 4.69) is 10.6 Å². The average Bonchev–Trinajstić information content (AvgIpc) is 2.54. The Balaban J connectivity index is 2.20. The van der Waals surface area contributed by atoms with E-state index in [1.807, 2.05) is 6.07 Å². The van der Waals surface area contributed by atoms with E-state index in [1.54, 1.807) is 13.1 Å². The van der Waals surface area contributed by atoms with E-state index in [9.17, 15) is 14.9 Å². The minimum absolute atomic E-state index is 0.000353. The van der Waals surface area contributed by atoms with Crippen LogP contribution < -0.4 is 10.6 Å². The number of hydrogen-bond acceptors (Lipinski definition) is 5. The highest BCUT2D eigenvalue weighted by Gasteiger charge is 2.30. The van der Waals surface area contributed by atoms with Crippen LogP contribution in [0.15, 0.2) is 18.2 Å². The summed E-state index contributed by atoms with van der Waals surface area (Å²) in [6.07, 6.45) is 3.72. The van der Waals surface area contributed by atoms with Crippen molar-refractivity contribution in [1.29, 1.82) is 5.26 Å². The third-order valence-electron chi connectivity index (χ3n) is 4.01. The number of nitriles is 1. The van der Waals surface area contributed by atoms with E-state index >= 15 is 0 Å². The van der Waals surface area contributed by atoms with Crippen molar-refractivity contribution in [3.05, 3.63) is 33.9 Å². The molecule has 2 rings (SSSR count). The minimum Gasteiger partial charge on any atom is -0.381 e. The lowest BCUT2D eigenvalue weighted by Crippen LogP contribution is -2.41. The van der Waals surface area contributed by atoms with Crippen molar-refractivity contribution >= 4 is 17.3 Å². The molecule has 0 unspecified atom stereocenters. The van der Waals surface area contributed by atoms with Crippen LogP contribution in [0.2, 0.25) is 0 Å². The van der Waals surface area contributed by atoms with Crippen LogP contribution >= 0.6 is 0 Å². The normalized spacial score (nSPS) is 20.7. The Bertz CT molecular complexity index is 624. The number of nitro groups is 1. The zero-order valence-corrected chi connectivity index (χ0v) is 12.3. The van der Waals surface area contributed by atoms with Gasteiger partial charge >= 0.3 is 0 Å². The first-order valence-corrected chi connectivity index (χ1v) is 7.23. The third-order valence-corrected chi connectivity index (χ3v) is 4.01. The fraction of sp³-hybridized carbons (Fsp3) is 0.467. The molecular weight excluding hydrogens is 284 g/mol. The number of nitrogens with one attached hydrogen (secondary N) is 2. The predicted octanol–water partition coefficient (Wildman–Crippen LogP) is 2.18. The second-order valence-electron chi connectivity index (χ2n) is 5.36. The van der Waals surface area contributed by atoms with E-state index < -0.39 is 4.92 Å². The first kappa shape index (κ1) is 15.8. The largest absolute Gasteiger partial charge is 0.381 e. The molecule has 2 N–H and O–H groups in total. The number of nitro benzene ring substituents is 1. The van der Waals surface area contributed by atoms with Gasteiger partial charge < -0.3 is 10.6 Å². The highest BCUT2D eigenvalue weighted by Crippen LogP contribution is 2.29. The summed E-state index contributed by atoms with van der Waals surface area (Å²) in [4.78, 5) is 22.2. The van der Waals surface area contributed by atoms with Gasteiger partial charge in [0.2, 0.25) is 5.91 Å². The molecule has 0 saturated heterocycles. The van der Waals surface area contributed by atoms with Crippen LogP contribution in [-0.4, -0.2) is 23.9 Å². The highest BCUT2D eigenvalue weighted by atomic mass is 16.6. The van der Waals surface area contributed by atoms with E-state index in [0.29, 0.717) is 5.69 Å². The van der Waals surface area contributed by atoms with Gasteiger partial charge in [-0.2, -0.15) is 5.26 Å². The van der Waals surface area contributed by atoms with Gasteiger partial charge in [-0.25, -0.2) is 0 Å². The van der Waals surface area contributed by atoms with Crippen molar-refractivity contribution in [2.24, 2.45) is 5.92 Å². The van der Waals surface area contributed by atoms with E-state index in [0.717, 1.165) is 25.7 Å². The van der Waals surface area contributed by atoms with Gasteiger partial charge in [0.1, 0.15) is 11.6 Å². The number of hydrogen-bond donors (Lipinski definition) is 2. The Kier molecular flexibility index (Phi) is 4.94. The lowest BCUT2D eigenvalue weighted by molar-refractivity contribution is -0.385.